The van der Waals surface area contributed by atoms with Crippen molar-refractivity contribution in [3.63, 3.8) is 0 Å². The van der Waals surface area contributed by atoms with Crippen molar-refractivity contribution in [2.75, 3.05) is 0 Å². The van der Waals surface area contributed by atoms with E-state index in [0.717, 1.165) is 12.1 Å². The Kier molecular flexibility index (Phi) is 5.82. The van der Waals surface area contributed by atoms with Crippen LogP contribution in [0.3, 0.4) is 0 Å². The van der Waals surface area contributed by atoms with E-state index < -0.39 is 51.7 Å². The van der Waals surface area contributed by atoms with Crippen LogP contribution in [0.25, 0.3) is 0 Å². The van der Waals surface area contributed by atoms with Crippen LogP contribution in [0.4, 0.5) is 22.0 Å². The minimum Gasteiger partial charge on any atom is -0.598 e. The Morgan fingerprint density at radius 3 is 2.13 bits per heavy atom. The summed E-state index contributed by atoms with van der Waals surface area (Å²) in [5, 5.41) is 0. The molecule has 0 aliphatic heterocycles. The lowest BCUT2D eigenvalue weighted by atomic mass is 9.85. The van der Waals surface area contributed by atoms with Crippen LogP contribution >= 0.6 is 0 Å². The highest BCUT2D eigenvalue weighted by Crippen LogP contribution is 2.43. The number of rotatable bonds is 6. The first-order valence-electron chi connectivity index (χ1n) is 6.47. The lowest BCUT2D eigenvalue weighted by Crippen LogP contribution is -2.65. The van der Waals surface area contributed by atoms with Gasteiger partial charge in [-0.1, -0.05) is 18.2 Å². The number of carbonyl (C=O) groups excluding carboxylic acids is 1. The number of alkyl halides is 4. The minimum absolute atomic E-state index is 0.700. The van der Waals surface area contributed by atoms with E-state index in [4.69, 9.17) is 0 Å². The quantitative estimate of drug-likeness (QED) is 0.483. The Morgan fingerprint density at radius 1 is 1.22 bits per heavy atom. The van der Waals surface area contributed by atoms with Crippen LogP contribution in [0, 0.1) is 5.82 Å². The zero-order valence-electron chi connectivity index (χ0n) is 12.6. The maximum absolute atomic E-state index is 14.1. The number of aldehydes is 1. The number of nitrogens with one attached hydrogen (secondary N) is 1. The zero-order chi connectivity index (χ0) is 18.1. The molecule has 0 saturated carbocycles. The molecule has 1 aromatic rings. The monoisotopic (exact) mass is 357 g/mol. The number of benzene rings is 1. The molecule has 1 rings (SSSR count). The van der Waals surface area contributed by atoms with Gasteiger partial charge >= 0.3 is 5.92 Å². The van der Waals surface area contributed by atoms with Crippen LogP contribution in [0.15, 0.2) is 24.3 Å². The molecule has 1 N–H and O–H groups in total. The molecular formula is C14H16F5NO2S. The molecule has 23 heavy (non-hydrogen) atoms. The summed E-state index contributed by atoms with van der Waals surface area (Å²) < 4.78 is 82.0. The van der Waals surface area contributed by atoms with Crippen molar-refractivity contribution in [2.45, 2.75) is 43.4 Å². The second kappa shape index (κ2) is 6.74. The summed E-state index contributed by atoms with van der Waals surface area (Å²) in [4.78, 5) is 10.7. The van der Waals surface area contributed by atoms with Gasteiger partial charge in [0, 0.05) is 16.9 Å². The molecule has 9 heteroatoms. The average Bonchev–Trinajstić information content (AvgIpc) is 2.43. The molecule has 3 nitrogen and oxygen atoms in total. The van der Waals surface area contributed by atoms with Crippen molar-refractivity contribution in [1.82, 2.24) is 4.72 Å². The van der Waals surface area contributed by atoms with E-state index in [1.54, 1.807) is 4.72 Å². The van der Waals surface area contributed by atoms with Gasteiger partial charge in [0.2, 0.25) is 5.54 Å². The summed E-state index contributed by atoms with van der Waals surface area (Å²) in [6, 6.07) is 3.59. The number of hydrogen-bond acceptors (Lipinski definition) is 3. The van der Waals surface area contributed by atoms with E-state index >= 15 is 0 Å². The molecule has 0 amide bonds. The minimum atomic E-state index is -4.70. The molecule has 0 fully saturated rings. The molecular weight excluding hydrogens is 341 g/mol. The Balaban J connectivity index is 3.64. The zero-order valence-corrected chi connectivity index (χ0v) is 13.4. The van der Waals surface area contributed by atoms with Gasteiger partial charge < -0.3 is 4.55 Å². The summed E-state index contributed by atoms with van der Waals surface area (Å²) >= 11 is -2.42. The Morgan fingerprint density at radius 2 is 1.74 bits per heavy atom. The third-order valence-corrected chi connectivity index (χ3v) is 4.73. The van der Waals surface area contributed by atoms with Crippen molar-refractivity contribution >= 4 is 17.6 Å². The Labute approximate surface area is 133 Å². The first kappa shape index (κ1) is 19.9. The van der Waals surface area contributed by atoms with E-state index in [9.17, 15) is 31.3 Å². The summed E-state index contributed by atoms with van der Waals surface area (Å²) in [7, 11) is 0. The highest BCUT2D eigenvalue weighted by Gasteiger charge is 2.66. The third-order valence-electron chi connectivity index (χ3n) is 3.11. The predicted molar refractivity (Wildman–Crippen MR) is 76.1 cm³/mol. The first-order chi connectivity index (χ1) is 10.4. The van der Waals surface area contributed by atoms with Crippen LogP contribution in [0.2, 0.25) is 0 Å². The van der Waals surface area contributed by atoms with Crippen LogP contribution in [0.1, 0.15) is 26.3 Å². The number of halogens is 5. The van der Waals surface area contributed by atoms with E-state index in [1.807, 2.05) is 0 Å². The maximum Gasteiger partial charge on any atom is 0.334 e. The lowest BCUT2D eigenvalue weighted by Gasteiger charge is -2.39. The summed E-state index contributed by atoms with van der Waals surface area (Å²) in [5.41, 5.74) is -4.89. The maximum atomic E-state index is 14.1. The summed E-state index contributed by atoms with van der Waals surface area (Å²) in [6.07, 6.45) is -4.91. The average molecular weight is 357 g/mol. The van der Waals surface area contributed by atoms with Crippen molar-refractivity contribution < 1.29 is 31.3 Å². The van der Waals surface area contributed by atoms with Crippen LogP contribution in [0.5, 0.6) is 0 Å². The highest BCUT2D eigenvalue weighted by molar-refractivity contribution is 7.90. The second-order valence-corrected chi connectivity index (χ2v) is 7.78. The lowest BCUT2D eigenvalue weighted by molar-refractivity contribution is -0.161. The number of hydrogen-bond donors (Lipinski definition) is 1. The molecule has 0 aliphatic carbocycles. The van der Waals surface area contributed by atoms with E-state index in [0.29, 0.717) is 12.1 Å². The molecule has 2 atom stereocenters. The third kappa shape index (κ3) is 3.67. The van der Waals surface area contributed by atoms with Crippen molar-refractivity contribution in [3.8, 4) is 0 Å². The normalized spacial score (nSPS) is 17.0. The SMILES string of the molecule is CC(C)(C)[S@@+]([O-])NC(c1ccccc1F)(C(F)F)C(F)(F)C=O. The van der Waals surface area contributed by atoms with Gasteiger partial charge in [-0.2, -0.15) is 8.78 Å². The van der Waals surface area contributed by atoms with Crippen LogP contribution in [-0.4, -0.2) is 27.9 Å². The Bertz CT molecular complexity index is 564. The van der Waals surface area contributed by atoms with Gasteiger partial charge in [-0.3, -0.25) is 4.79 Å². The molecule has 130 valence electrons. The largest absolute Gasteiger partial charge is 0.598 e. The van der Waals surface area contributed by atoms with Gasteiger partial charge in [-0.15, -0.1) is 4.72 Å². The van der Waals surface area contributed by atoms with Gasteiger partial charge in [0.15, 0.2) is 6.29 Å². The van der Waals surface area contributed by atoms with Gasteiger partial charge in [-0.05, 0) is 26.8 Å². The van der Waals surface area contributed by atoms with Crippen molar-refractivity contribution in [1.29, 1.82) is 0 Å². The molecule has 0 saturated heterocycles. The van der Waals surface area contributed by atoms with Gasteiger partial charge in [0.05, 0.1) is 0 Å². The fourth-order valence-electron chi connectivity index (χ4n) is 1.78. The molecule has 0 heterocycles. The first-order valence-corrected chi connectivity index (χ1v) is 7.62. The molecule has 1 aromatic carbocycles. The van der Waals surface area contributed by atoms with E-state index in [-0.39, 0.29) is 0 Å². The molecule has 0 radical (unpaired) electrons. The molecule has 0 spiro atoms. The number of carbonyl (C=O) groups is 1. The summed E-state index contributed by atoms with van der Waals surface area (Å²) in [5.74, 6) is -6.07. The van der Waals surface area contributed by atoms with Gasteiger partial charge in [0.25, 0.3) is 6.43 Å². The molecule has 1 unspecified atom stereocenters. The topological polar surface area (TPSA) is 52.2 Å². The molecule has 0 bridgehead atoms. The van der Waals surface area contributed by atoms with Gasteiger partial charge in [-0.25, -0.2) is 13.2 Å². The summed E-state index contributed by atoms with van der Waals surface area (Å²) in [6.45, 7) is 4.06. The van der Waals surface area contributed by atoms with Gasteiger partial charge in [0.1, 0.15) is 10.6 Å². The molecule has 0 aliphatic rings. The fraction of sp³-hybridized carbons (Fsp3) is 0.500. The predicted octanol–water partition coefficient (Wildman–Crippen LogP) is 3.17. The van der Waals surface area contributed by atoms with Crippen molar-refractivity contribution in [2.24, 2.45) is 0 Å². The van der Waals surface area contributed by atoms with Crippen LogP contribution in [-0.2, 0) is 21.7 Å². The Hall–Kier alpha value is -1.19. The highest BCUT2D eigenvalue weighted by atomic mass is 32.2. The van der Waals surface area contributed by atoms with E-state index in [1.165, 1.54) is 20.8 Å². The molecule has 0 aromatic heterocycles. The van der Waals surface area contributed by atoms with Crippen molar-refractivity contribution in [3.05, 3.63) is 35.6 Å². The smallest absolute Gasteiger partial charge is 0.334 e. The standard InChI is InChI=1S/C14H16F5NO2S/c1-12(2,3)23(22)20-14(11(16)17,13(18,19)8-21)9-6-4-5-7-10(9)15/h4-8,11,20H,1-3H3/t14?,23-/m1/s1. The second-order valence-electron chi connectivity index (χ2n) is 5.81. The van der Waals surface area contributed by atoms with E-state index in [2.05, 4.69) is 0 Å². The fourth-order valence-corrected chi connectivity index (χ4v) is 2.72. The van der Waals surface area contributed by atoms with Crippen LogP contribution < -0.4 is 4.72 Å².